The summed E-state index contributed by atoms with van der Waals surface area (Å²) in [5.41, 5.74) is 0.151. The highest BCUT2D eigenvalue weighted by Gasteiger charge is 2.38. The van der Waals surface area contributed by atoms with Crippen LogP contribution >= 0.6 is 11.3 Å². The largest absolute Gasteiger partial charge is 0.388 e. The van der Waals surface area contributed by atoms with Gasteiger partial charge in [-0.25, -0.2) is 9.78 Å². The van der Waals surface area contributed by atoms with Gasteiger partial charge in [0, 0.05) is 11.9 Å². The van der Waals surface area contributed by atoms with Gasteiger partial charge < -0.3 is 10.0 Å². The first kappa shape index (κ1) is 15.3. The van der Waals surface area contributed by atoms with Gasteiger partial charge >= 0.3 is 6.03 Å². The number of hydrogen-bond donors (Lipinski definition) is 2. The van der Waals surface area contributed by atoms with E-state index in [2.05, 4.69) is 17.2 Å². The highest BCUT2D eigenvalue weighted by Crippen LogP contribution is 2.27. The van der Waals surface area contributed by atoms with Crippen LogP contribution in [0.3, 0.4) is 0 Å². The molecule has 6 heteroatoms. The van der Waals surface area contributed by atoms with Crippen molar-refractivity contribution in [3.8, 4) is 0 Å². The standard InChI is InChI=1S/C14H23N3O2S/c1-4-6-10-9-20-12(15-10)16-13(18)17-8-5-7-11(17)14(2,3)19/h9,11,19H,4-8H2,1-3H3,(H,15,16,18). The minimum absolute atomic E-state index is 0.127. The number of urea groups is 1. The Morgan fingerprint density at radius 2 is 2.40 bits per heavy atom. The zero-order chi connectivity index (χ0) is 14.8. The van der Waals surface area contributed by atoms with Gasteiger partial charge in [0.1, 0.15) is 0 Å². The maximum atomic E-state index is 12.3. The summed E-state index contributed by atoms with van der Waals surface area (Å²) in [6.07, 6.45) is 3.75. The molecule has 112 valence electrons. The molecule has 1 aliphatic heterocycles. The number of aromatic nitrogens is 1. The van der Waals surface area contributed by atoms with Gasteiger partial charge in [-0.3, -0.25) is 5.32 Å². The summed E-state index contributed by atoms with van der Waals surface area (Å²) in [5, 5.41) is 15.6. The molecule has 0 saturated carbocycles. The summed E-state index contributed by atoms with van der Waals surface area (Å²) in [6.45, 7) is 6.31. The first-order chi connectivity index (χ1) is 9.41. The SMILES string of the molecule is CCCc1csc(NC(=O)N2CCCC2C(C)(C)O)n1. The zero-order valence-corrected chi connectivity index (χ0v) is 13.2. The fraction of sp³-hybridized carbons (Fsp3) is 0.714. The molecular formula is C14H23N3O2S. The predicted molar refractivity (Wildman–Crippen MR) is 81.2 cm³/mol. The lowest BCUT2D eigenvalue weighted by Crippen LogP contribution is -2.49. The van der Waals surface area contributed by atoms with Gasteiger partial charge in [-0.15, -0.1) is 11.3 Å². The van der Waals surface area contributed by atoms with Crippen LogP contribution in [-0.2, 0) is 6.42 Å². The predicted octanol–water partition coefficient (Wildman–Crippen LogP) is 2.86. The third-order valence-electron chi connectivity index (χ3n) is 3.60. The molecule has 1 aliphatic rings. The average Bonchev–Trinajstić information content (AvgIpc) is 2.97. The summed E-state index contributed by atoms with van der Waals surface area (Å²) in [6, 6.07) is -0.287. The number of carbonyl (C=O) groups is 1. The first-order valence-corrected chi connectivity index (χ1v) is 8.04. The number of carbonyl (C=O) groups excluding carboxylic acids is 1. The van der Waals surface area contributed by atoms with E-state index in [0.29, 0.717) is 11.7 Å². The van der Waals surface area contributed by atoms with Gasteiger partial charge in [0.05, 0.1) is 17.3 Å². The van der Waals surface area contributed by atoms with E-state index in [9.17, 15) is 9.90 Å². The maximum absolute atomic E-state index is 12.3. The number of thiazole rings is 1. The molecule has 1 unspecified atom stereocenters. The van der Waals surface area contributed by atoms with E-state index in [1.165, 1.54) is 11.3 Å². The minimum atomic E-state index is -0.871. The molecule has 2 rings (SSSR count). The summed E-state index contributed by atoms with van der Waals surface area (Å²) in [4.78, 5) is 18.4. The van der Waals surface area contributed by atoms with Gasteiger partial charge in [-0.1, -0.05) is 13.3 Å². The van der Waals surface area contributed by atoms with Crippen molar-refractivity contribution in [2.24, 2.45) is 0 Å². The van der Waals surface area contributed by atoms with E-state index in [1.54, 1.807) is 18.7 Å². The zero-order valence-electron chi connectivity index (χ0n) is 12.3. The number of amides is 2. The Kier molecular flexibility index (Phi) is 4.65. The molecule has 20 heavy (non-hydrogen) atoms. The summed E-state index contributed by atoms with van der Waals surface area (Å²) >= 11 is 1.45. The Hall–Kier alpha value is -1.14. The number of rotatable bonds is 4. The Morgan fingerprint density at radius 1 is 1.65 bits per heavy atom. The molecule has 1 atom stereocenters. The molecule has 1 saturated heterocycles. The van der Waals surface area contributed by atoms with Gasteiger partial charge in [0.15, 0.2) is 5.13 Å². The number of hydrogen-bond acceptors (Lipinski definition) is 4. The quantitative estimate of drug-likeness (QED) is 0.898. The van der Waals surface area contributed by atoms with E-state index >= 15 is 0 Å². The van der Waals surface area contributed by atoms with Crippen molar-refractivity contribution in [3.05, 3.63) is 11.1 Å². The lowest BCUT2D eigenvalue weighted by atomic mass is 9.97. The topological polar surface area (TPSA) is 65.5 Å². The molecule has 5 nitrogen and oxygen atoms in total. The lowest BCUT2D eigenvalue weighted by molar-refractivity contribution is 0.0117. The monoisotopic (exact) mass is 297 g/mol. The van der Waals surface area contributed by atoms with Crippen LogP contribution in [0.25, 0.3) is 0 Å². The Balaban J connectivity index is 2.00. The average molecular weight is 297 g/mol. The smallest absolute Gasteiger partial charge is 0.323 e. The van der Waals surface area contributed by atoms with E-state index in [-0.39, 0.29) is 12.1 Å². The number of aryl methyl sites for hydroxylation is 1. The first-order valence-electron chi connectivity index (χ1n) is 7.16. The van der Waals surface area contributed by atoms with Crippen molar-refractivity contribution >= 4 is 22.5 Å². The van der Waals surface area contributed by atoms with Crippen LogP contribution in [0, 0.1) is 0 Å². The van der Waals surface area contributed by atoms with Crippen LogP contribution in [0.1, 0.15) is 45.7 Å². The van der Waals surface area contributed by atoms with Crippen LogP contribution in [0.2, 0.25) is 0 Å². The molecule has 1 fully saturated rings. The van der Waals surface area contributed by atoms with Crippen LogP contribution in [0.5, 0.6) is 0 Å². The molecule has 0 spiro atoms. The fourth-order valence-corrected chi connectivity index (χ4v) is 3.38. The van der Waals surface area contributed by atoms with E-state index < -0.39 is 5.60 Å². The molecule has 2 amide bonds. The molecule has 1 aromatic rings. The van der Waals surface area contributed by atoms with Crippen molar-refractivity contribution in [2.45, 2.75) is 58.1 Å². The third-order valence-corrected chi connectivity index (χ3v) is 4.41. The number of likely N-dealkylation sites (tertiary alicyclic amines) is 1. The highest BCUT2D eigenvalue weighted by atomic mass is 32.1. The van der Waals surface area contributed by atoms with Crippen molar-refractivity contribution in [1.29, 1.82) is 0 Å². The van der Waals surface area contributed by atoms with Crippen molar-refractivity contribution < 1.29 is 9.90 Å². The van der Waals surface area contributed by atoms with Crippen LogP contribution in [0.15, 0.2) is 5.38 Å². The summed E-state index contributed by atoms with van der Waals surface area (Å²) in [5.74, 6) is 0. The summed E-state index contributed by atoms with van der Waals surface area (Å²) < 4.78 is 0. The Bertz CT molecular complexity index is 467. The molecule has 0 radical (unpaired) electrons. The number of nitrogens with one attached hydrogen (secondary N) is 1. The van der Waals surface area contributed by atoms with Crippen molar-refractivity contribution in [3.63, 3.8) is 0 Å². The van der Waals surface area contributed by atoms with Crippen molar-refractivity contribution in [1.82, 2.24) is 9.88 Å². The van der Waals surface area contributed by atoms with Gasteiger partial charge in [-0.05, 0) is 33.1 Å². The van der Waals surface area contributed by atoms with Crippen LogP contribution in [-0.4, -0.2) is 39.2 Å². The second kappa shape index (κ2) is 6.10. The second-order valence-corrected chi connectivity index (χ2v) is 6.69. The molecule has 1 aromatic heterocycles. The minimum Gasteiger partial charge on any atom is -0.388 e. The maximum Gasteiger partial charge on any atom is 0.323 e. The van der Waals surface area contributed by atoms with Crippen molar-refractivity contribution in [2.75, 3.05) is 11.9 Å². The molecular weight excluding hydrogens is 274 g/mol. The van der Waals surface area contributed by atoms with Gasteiger partial charge in [0.2, 0.25) is 0 Å². The summed E-state index contributed by atoms with van der Waals surface area (Å²) in [7, 11) is 0. The molecule has 2 heterocycles. The molecule has 0 bridgehead atoms. The second-order valence-electron chi connectivity index (χ2n) is 5.83. The Labute approximate surface area is 124 Å². The molecule has 0 aromatic carbocycles. The Morgan fingerprint density at radius 3 is 3.05 bits per heavy atom. The normalized spacial score (nSPS) is 19.4. The number of aliphatic hydroxyl groups is 1. The third kappa shape index (κ3) is 3.49. The van der Waals surface area contributed by atoms with Crippen LogP contribution < -0.4 is 5.32 Å². The van der Waals surface area contributed by atoms with Gasteiger partial charge in [-0.2, -0.15) is 0 Å². The van der Waals surface area contributed by atoms with E-state index in [4.69, 9.17) is 0 Å². The molecule has 2 N–H and O–H groups in total. The number of nitrogens with zero attached hydrogens (tertiary/aromatic N) is 2. The number of anilines is 1. The van der Waals surface area contributed by atoms with E-state index in [1.807, 2.05) is 5.38 Å². The fourth-order valence-electron chi connectivity index (χ4n) is 2.64. The molecule has 0 aliphatic carbocycles. The lowest BCUT2D eigenvalue weighted by Gasteiger charge is -2.33. The van der Waals surface area contributed by atoms with Gasteiger partial charge in [0.25, 0.3) is 0 Å². The van der Waals surface area contributed by atoms with Crippen LogP contribution in [0.4, 0.5) is 9.93 Å². The highest BCUT2D eigenvalue weighted by molar-refractivity contribution is 7.13. The van der Waals surface area contributed by atoms with E-state index in [0.717, 1.165) is 31.4 Å².